The first kappa shape index (κ1) is 15.2. The fraction of sp³-hybridized carbons (Fsp3) is 0.385. The van der Waals surface area contributed by atoms with E-state index in [1.54, 1.807) is 23.5 Å². The highest BCUT2D eigenvalue weighted by Gasteiger charge is 2.06. The Morgan fingerprint density at radius 3 is 2.95 bits per heavy atom. The topological polar surface area (TPSA) is 90.2 Å². The molecule has 0 radical (unpaired) electrons. The number of hydrogen-bond donors (Lipinski definition) is 1. The molecule has 1 heterocycles. The monoisotopic (exact) mass is 308 g/mol. The normalized spacial score (nSPS) is 10.3. The number of aryl methyl sites for hydroxylation is 1. The lowest BCUT2D eigenvalue weighted by atomic mass is 10.2. The number of nitrogens with one attached hydrogen (secondary N) is 1. The van der Waals surface area contributed by atoms with Gasteiger partial charge in [-0.3, -0.25) is 10.1 Å². The number of ether oxygens (including phenoxy) is 1. The molecule has 7 nitrogen and oxygen atoms in total. The highest BCUT2D eigenvalue weighted by molar-refractivity contribution is 7.15. The van der Waals surface area contributed by atoms with Gasteiger partial charge in [-0.2, -0.15) is 0 Å². The number of benzene rings is 1. The van der Waals surface area contributed by atoms with E-state index < -0.39 is 4.92 Å². The Morgan fingerprint density at radius 1 is 1.38 bits per heavy atom. The fourth-order valence-electron chi connectivity index (χ4n) is 1.71. The van der Waals surface area contributed by atoms with Crippen molar-refractivity contribution in [2.45, 2.75) is 19.3 Å². The van der Waals surface area contributed by atoms with Crippen LogP contribution < -0.4 is 10.1 Å². The van der Waals surface area contributed by atoms with Crippen LogP contribution in [0.2, 0.25) is 0 Å². The smallest absolute Gasteiger partial charge is 0.273 e. The summed E-state index contributed by atoms with van der Waals surface area (Å²) in [6.07, 6.45) is 2.65. The third kappa shape index (κ3) is 4.67. The molecule has 8 heteroatoms. The standard InChI is InChI=1S/C13H16N4O3S/c1-14-13-16-15-12(21-13)7-2-3-8-20-11-6-4-5-10(9-11)17(18)19/h4-6,9H,2-3,7-8H2,1H3,(H,14,16). The largest absolute Gasteiger partial charge is 0.493 e. The first-order valence-electron chi connectivity index (χ1n) is 6.56. The molecule has 21 heavy (non-hydrogen) atoms. The summed E-state index contributed by atoms with van der Waals surface area (Å²) in [5.74, 6) is 0.526. The maximum absolute atomic E-state index is 10.6. The van der Waals surface area contributed by atoms with Crippen molar-refractivity contribution in [3.63, 3.8) is 0 Å². The first-order valence-corrected chi connectivity index (χ1v) is 7.38. The molecule has 0 saturated heterocycles. The van der Waals surface area contributed by atoms with E-state index in [0.717, 1.165) is 29.4 Å². The summed E-state index contributed by atoms with van der Waals surface area (Å²) in [5.41, 5.74) is 0.0426. The van der Waals surface area contributed by atoms with Crippen molar-refractivity contribution in [1.29, 1.82) is 0 Å². The Balaban J connectivity index is 1.70. The van der Waals surface area contributed by atoms with Crippen LogP contribution in [-0.4, -0.2) is 28.8 Å². The molecular weight excluding hydrogens is 292 g/mol. The first-order chi connectivity index (χ1) is 10.2. The summed E-state index contributed by atoms with van der Waals surface area (Å²) in [4.78, 5) is 10.2. The van der Waals surface area contributed by atoms with Crippen LogP contribution in [0, 0.1) is 10.1 Å². The van der Waals surface area contributed by atoms with Gasteiger partial charge in [0.05, 0.1) is 17.6 Å². The minimum absolute atomic E-state index is 0.0426. The zero-order valence-corrected chi connectivity index (χ0v) is 12.4. The van der Waals surface area contributed by atoms with Gasteiger partial charge in [0.15, 0.2) is 0 Å². The van der Waals surface area contributed by atoms with E-state index >= 15 is 0 Å². The van der Waals surface area contributed by atoms with Crippen molar-refractivity contribution in [3.8, 4) is 5.75 Å². The molecule has 0 aliphatic carbocycles. The minimum Gasteiger partial charge on any atom is -0.493 e. The molecule has 0 aliphatic heterocycles. The molecule has 0 bridgehead atoms. The number of rotatable bonds is 8. The molecule has 0 aliphatic rings. The van der Waals surface area contributed by atoms with Crippen LogP contribution in [0.5, 0.6) is 5.75 Å². The van der Waals surface area contributed by atoms with Gasteiger partial charge in [-0.15, -0.1) is 10.2 Å². The Bertz CT molecular complexity index is 603. The lowest BCUT2D eigenvalue weighted by Gasteiger charge is -2.05. The van der Waals surface area contributed by atoms with E-state index in [0.29, 0.717) is 12.4 Å². The van der Waals surface area contributed by atoms with Gasteiger partial charge in [-0.1, -0.05) is 17.4 Å². The van der Waals surface area contributed by atoms with Gasteiger partial charge in [-0.05, 0) is 18.9 Å². The molecule has 0 saturated carbocycles. The van der Waals surface area contributed by atoms with E-state index in [1.165, 1.54) is 12.1 Å². The van der Waals surface area contributed by atoms with Gasteiger partial charge in [-0.25, -0.2) is 0 Å². The average Bonchev–Trinajstić information content (AvgIpc) is 2.95. The molecule has 1 aromatic carbocycles. The van der Waals surface area contributed by atoms with Crippen LogP contribution in [-0.2, 0) is 6.42 Å². The highest BCUT2D eigenvalue weighted by atomic mass is 32.1. The van der Waals surface area contributed by atoms with Crippen LogP contribution in [0.3, 0.4) is 0 Å². The zero-order valence-electron chi connectivity index (χ0n) is 11.6. The number of nitro groups is 1. The summed E-state index contributed by atoms with van der Waals surface area (Å²) in [5, 5.41) is 23.4. The maximum Gasteiger partial charge on any atom is 0.273 e. The fourth-order valence-corrected chi connectivity index (χ4v) is 2.45. The van der Waals surface area contributed by atoms with E-state index in [9.17, 15) is 10.1 Å². The molecule has 0 fully saturated rings. The quantitative estimate of drug-likeness (QED) is 0.458. The third-order valence-electron chi connectivity index (χ3n) is 2.76. The highest BCUT2D eigenvalue weighted by Crippen LogP contribution is 2.20. The number of anilines is 1. The van der Waals surface area contributed by atoms with E-state index in [-0.39, 0.29) is 5.69 Å². The number of non-ortho nitro benzene ring substituents is 1. The Hall–Kier alpha value is -2.22. The van der Waals surface area contributed by atoms with Gasteiger partial charge in [0, 0.05) is 19.5 Å². The van der Waals surface area contributed by atoms with E-state index in [2.05, 4.69) is 15.5 Å². The zero-order chi connectivity index (χ0) is 15.1. The third-order valence-corrected chi connectivity index (χ3v) is 3.76. The lowest BCUT2D eigenvalue weighted by Crippen LogP contribution is -1.99. The summed E-state index contributed by atoms with van der Waals surface area (Å²) in [6, 6.07) is 6.22. The van der Waals surface area contributed by atoms with Crippen molar-refractivity contribution in [2.75, 3.05) is 19.0 Å². The predicted molar refractivity (Wildman–Crippen MR) is 81.0 cm³/mol. The molecule has 1 aromatic heterocycles. The molecule has 2 rings (SSSR count). The van der Waals surface area contributed by atoms with Crippen molar-refractivity contribution in [1.82, 2.24) is 10.2 Å². The van der Waals surface area contributed by atoms with Gasteiger partial charge in [0.25, 0.3) is 5.69 Å². The molecule has 0 unspecified atom stereocenters. The van der Waals surface area contributed by atoms with Crippen molar-refractivity contribution in [3.05, 3.63) is 39.4 Å². The number of aromatic nitrogens is 2. The summed E-state index contributed by atoms with van der Waals surface area (Å²) < 4.78 is 5.51. The number of nitro benzene ring substituents is 1. The Morgan fingerprint density at radius 2 is 2.24 bits per heavy atom. The summed E-state index contributed by atoms with van der Waals surface area (Å²) in [7, 11) is 1.82. The van der Waals surface area contributed by atoms with Gasteiger partial charge in [0.1, 0.15) is 10.8 Å². The van der Waals surface area contributed by atoms with E-state index in [1.807, 2.05) is 7.05 Å². The average molecular weight is 308 g/mol. The minimum atomic E-state index is -0.429. The Kier molecular flexibility index (Phi) is 5.44. The number of nitrogens with zero attached hydrogens (tertiary/aromatic N) is 3. The molecule has 112 valence electrons. The van der Waals surface area contributed by atoms with E-state index in [4.69, 9.17) is 4.74 Å². The van der Waals surface area contributed by atoms with Crippen LogP contribution in [0.4, 0.5) is 10.8 Å². The summed E-state index contributed by atoms with van der Waals surface area (Å²) in [6.45, 7) is 0.527. The second-order valence-electron chi connectivity index (χ2n) is 4.31. The lowest BCUT2D eigenvalue weighted by molar-refractivity contribution is -0.384. The van der Waals surface area contributed by atoms with Crippen LogP contribution in [0.25, 0.3) is 0 Å². The van der Waals surface area contributed by atoms with Crippen molar-refractivity contribution >= 4 is 22.2 Å². The van der Waals surface area contributed by atoms with Crippen LogP contribution >= 0.6 is 11.3 Å². The maximum atomic E-state index is 10.6. The number of hydrogen-bond acceptors (Lipinski definition) is 7. The SMILES string of the molecule is CNc1nnc(CCCCOc2cccc([N+](=O)[O-])c2)s1. The molecule has 0 amide bonds. The number of unbranched alkanes of at least 4 members (excludes halogenated alkanes) is 1. The summed E-state index contributed by atoms with van der Waals surface area (Å²) >= 11 is 1.54. The van der Waals surface area contributed by atoms with Crippen LogP contribution in [0.1, 0.15) is 17.8 Å². The Labute approximate surface area is 126 Å². The molecule has 2 aromatic rings. The van der Waals surface area contributed by atoms with Crippen molar-refractivity contribution in [2.24, 2.45) is 0 Å². The van der Waals surface area contributed by atoms with Crippen molar-refractivity contribution < 1.29 is 9.66 Å². The van der Waals surface area contributed by atoms with Crippen LogP contribution in [0.15, 0.2) is 24.3 Å². The second kappa shape index (κ2) is 7.53. The molecule has 1 N–H and O–H groups in total. The molecule has 0 atom stereocenters. The second-order valence-corrected chi connectivity index (χ2v) is 5.37. The van der Waals surface area contributed by atoms with Gasteiger partial charge in [0.2, 0.25) is 5.13 Å². The predicted octanol–water partition coefficient (Wildman–Crippen LogP) is 2.89. The van der Waals surface area contributed by atoms with Gasteiger partial charge < -0.3 is 10.1 Å². The van der Waals surface area contributed by atoms with Gasteiger partial charge >= 0.3 is 0 Å². The molecular formula is C13H16N4O3S. The molecule has 0 spiro atoms.